The monoisotopic (exact) mass is 369 g/mol. The molecular weight excluding hydrogens is 350 g/mol. The quantitative estimate of drug-likeness (QED) is 0.701. The molecule has 0 aliphatic heterocycles. The molecule has 0 atom stereocenters. The Balaban J connectivity index is 1.77. The van der Waals surface area contributed by atoms with Gasteiger partial charge in [0.2, 0.25) is 11.8 Å². The lowest BCUT2D eigenvalue weighted by molar-refractivity contribution is -0.116. The standard InChI is InChI=1S/C20H20ClN3O2/c1-3-19(25)22-14-8-9-16(21)17(11-14)23-20(26)10-13-12-24(2)18-7-5-4-6-15(13)18/h4-9,11-12H,3,10H2,1-2H3,(H,22,25)(H,23,26). The fourth-order valence-corrected chi connectivity index (χ4v) is 3.05. The van der Waals surface area contributed by atoms with Crippen LogP contribution in [0.15, 0.2) is 48.7 Å². The van der Waals surface area contributed by atoms with E-state index in [9.17, 15) is 9.59 Å². The summed E-state index contributed by atoms with van der Waals surface area (Å²) in [5, 5.41) is 7.07. The van der Waals surface area contributed by atoms with E-state index in [1.807, 2.05) is 42.1 Å². The van der Waals surface area contributed by atoms with Gasteiger partial charge in [-0.15, -0.1) is 0 Å². The molecule has 1 heterocycles. The van der Waals surface area contributed by atoms with E-state index < -0.39 is 0 Å². The van der Waals surface area contributed by atoms with E-state index in [1.54, 1.807) is 25.1 Å². The molecule has 0 aliphatic carbocycles. The minimum atomic E-state index is -0.165. The van der Waals surface area contributed by atoms with E-state index >= 15 is 0 Å². The molecule has 2 aromatic carbocycles. The molecule has 6 heteroatoms. The number of aromatic nitrogens is 1. The molecule has 0 aliphatic rings. The fraction of sp³-hybridized carbons (Fsp3) is 0.200. The Bertz CT molecular complexity index is 978. The maximum absolute atomic E-state index is 12.5. The molecule has 5 nitrogen and oxygen atoms in total. The number of hydrogen-bond acceptors (Lipinski definition) is 2. The van der Waals surface area contributed by atoms with Gasteiger partial charge in [-0.25, -0.2) is 0 Å². The van der Waals surface area contributed by atoms with E-state index in [2.05, 4.69) is 10.6 Å². The van der Waals surface area contributed by atoms with Gasteiger partial charge in [0.05, 0.1) is 17.1 Å². The van der Waals surface area contributed by atoms with Gasteiger partial charge in [0.25, 0.3) is 0 Å². The van der Waals surface area contributed by atoms with E-state index in [4.69, 9.17) is 11.6 Å². The molecule has 0 unspecified atom stereocenters. The molecule has 0 saturated carbocycles. The summed E-state index contributed by atoms with van der Waals surface area (Å²) in [5.41, 5.74) is 3.11. The van der Waals surface area contributed by atoms with E-state index in [-0.39, 0.29) is 18.2 Å². The zero-order valence-electron chi connectivity index (χ0n) is 14.7. The van der Waals surface area contributed by atoms with Crippen molar-refractivity contribution in [3.8, 4) is 0 Å². The SMILES string of the molecule is CCC(=O)Nc1ccc(Cl)c(NC(=O)Cc2cn(C)c3ccccc23)c1. The van der Waals surface area contributed by atoms with Crippen molar-refractivity contribution < 1.29 is 9.59 Å². The van der Waals surface area contributed by atoms with E-state index in [0.717, 1.165) is 16.5 Å². The third-order valence-corrected chi connectivity index (χ3v) is 4.51. The third-order valence-electron chi connectivity index (χ3n) is 4.18. The third kappa shape index (κ3) is 3.89. The predicted molar refractivity (Wildman–Crippen MR) is 106 cm³/mol. The van der Waals surface area contributed by atoms with Gasteiger partial charge >= 0.3 is 0 Å². The molecule has 26 heavy (non-hydrogen) atoms. The maximum atomic E-state index is 12.5. The molecule has 0 spiro atoms. The second-order valence-corrected chi connectivity index (χ2v) is 6.51. The Kier molecular flexibility index (Phi) is 5.28. The highest BCUT2D eigenvalue weighted by atomic mass is 35.5. The number of anilines is 2. The molecule has 1 aromatic heterocycles. The first-order valence-corrected chi connectivity index (χ1v) is 8.78. The van der Waals surface area contributed by atoms with Crippen LogP contribution in [0.1, 0.15) is 18.9 Å². The van der Waals surface area contributed by atoms with Gasteiger partial charge in [0.15, 0.2) is 0 Å². The Morgan fingerprint density at radius 3 is 2.62 bits per heavy atom. The highest BCUT2D eigenvalue weighted by Crippen LogP contribution is 2.26. The van der Waals surface area contributed by atoms with Gasteiger partial charge in [-0.3, -0.25) is 9.59 Å². The summed E-state index contributed by atoms with van der Waals surface area (Å²) in [6.45, 7) is 1.78. The summed E-state index contributed by atoms with van der Waals surface area (Å²) in [5.74, 6) is -0.262. The average molecular weight is 370 g/mol. The predicted octanol–water partition coefficient (Wildman–Crippen LogP) is 4.36. The molecule has 0 radical (unpaired) electrons. The summed E-state index contributed by atoms with van der Waals surface area (Å²) < 4.78 is 2.01. The second-order valence-electron chi connectivity index (χ2n) is 6.10. The zero-order valence-corrected chi connectivity index (χ0v) is 15.4. The molecule has 0 bridgehead atoms. The smallest absolute Gasteiger partial charge is 0.228 e. The van der Waals surface area contributed by atoms with Crippen LogP contribution in [-0.4, -0.2) is 16.4 Å². The second kappa shape index (κ2) is 7.62. The number of amides is 2. The van der Waals surface area contributed by atoms with E-state index in [0.29, 0.717) is 22.8 Å². The van der Waals surface area contributed by atoms with Crippen molar-refractivity contribution in [2.75, 3.05) is 10.6 Å². The van der Waals surface area contributed by atoms with Gasteiger partial charge in [0.1, 0.15) is 0 Å². The first kappa shape index (κ1) is 18.0. The summed E-state index contributed by atoms with van der Waals surface area (Å²) in [7, 11) is 1.96. The van der Waals surface area contributed by atoms with Crippen LogP contribution < -0.4 is 10.6 Å². The van der Waals surface area contributed by atoms with Crippen LogP contribution in [0.3, 0.4) is 0 Å². The number of fused-ring (bicyclic) bond motifs is 1. The minimum Gasteiger partial charge on any atom is -0.350 e. The lowest BCUT2D eigenvalue weighted by Crippen LogP contribution is -2.15. The molecule has 134 valence electrons. The summed E-state index contributed by atoms with van der Waals surface area (Å²) in [6, 6.07) is 13.0. The number of carbonyl (C=O) groups is 2. The zero-order chi connectivity index (χ0) is 18.7. The average Bonchev–Trinajstić information content (AvgIpc) is 2.94. The van der Waals surface area contributed by atoms with Crippen molar-refractivity contribution >= 4 is 45.7 Å². The fourth-order valence-electron chi connectivity index (χ4n) is 2.88. The molecular formula is C20H20ClN3O2. The number of benzene rings is 2. The number of nitrogens with zero attached hydrogens (tertiary/aromatic N) is 1. The lowest BCUT2D eigenvalue weighted by Gasteiger charge is -2.10. The van der Waals surface area contributed by atoms with Gasteiger partial charge in [-0.05, 0) is 29.8 Å². The number of para-hydroxylation sites is 1. The number of rotatable bonds is 5. The van der Waals surface area contributed by atoms with Gasteiger partial charge in [0, 0.05) is 36.3 Å². The Morgan fingerprint density at radius 2 is 1.85 bits per heavy atom. The molecule has 0 fully saturated rings. The van der Waals surface area contributed by atoms with Crippen molar-refractivity contribution in [2.45, 2.75) is 19.8 Å². The Morgan fingerprint density at radius 1 is 1.08 bits per heavy atom. The first-order chi connectivity index (χ1) is 12.5. The molecule has 2 amide bonds. The summed E-state index contributed by atoms with van der Waals surface area (Å²) in [6.07, 6.45) is 2.58. The molecule has 3 aromatic rings. The van der Waals surface area contributed by atoms with Crippen LogP contribution in [0.25, 0.3) is 10.9 Å². The number of hydrogen-bond donors (Lipinski definition) is 2. The largest absolute Gasteiger partial charge is 0.350 e. The van der Waals surface area contributed by atoms with Gasteiger partial charge in [-0.1, -0.05) is 36.7 Å². The van der Waals surface area contributed by atoms with Crippen LogP contribution in [0.4, 0.5) is 11.4 Å². The van der Waals surface area contributed by atoms with Crippen LogP contribution >= 0.6 is 11.6 Å². The van der Waals surface area contributed by atoms with Crippen molar-refractivity contribution in [1.82, 2.24) is 4.57 Å². The number of halogens is 1. The molecule has 3 rings (SSSR count). The van der Waals surface area contributed by atoms with Crippen molar-refractivity contribution in [3.63, 3.8) is 0 Å². The van der Waals surface area contributed by atoms with E-state index in [1.165, 1.54) is 0 Å². The van der Waals surface area contributed by atoms with Crippen molar-refractivity contribution in [1.29, 1.82) is 0 Å². The number of nitrogens with one attached hydrogen (secondary N) is 2. The number of aryl methyl sites for hydroxylation is 1. The van der Waals surface area contributed by atoms with Gasteiger partial charge in [-0.2, -0.15) is 0 Å². The highest BCUT2D eigenvalue weighted by Gasteiger charge is 2.12. The topological polar surface area (TPSA) is 63.1 Å². The van der Waals surface area contributed by atoms with Gasteiger partial charge < -0.3 is 15.2 Å². The van der Waals surface area contributed by atoms with Crippen LogP contribution in [0.5, 0.6) is 0 Å². The van der Waals surface area contributed by atoms with Crippen molar-refractivity contribution in [2.24, 2.45) is 7.05 Å². The minimum absolute atomic E-state index is 0.0969. The Labute approximate surface area is 157 Å². The Hall–Kier alpha value is -2.79. The maximum Gasteiger partial charge on any atom is 0.228 e. The lowest BCUT2D eigenvalue weighted by atomic mass is 10.1. The molecule has 0 saturated heterocycles. The summed E-state index contributed by atoms with van der Waals surface area (Å²) >= 11 is 6.18. The van der Waals surface area contributed by atoms with Crippen LogP contribution in [0.2, 0.25) is 5.02 Å². The first-order valence-electron chi connectivity index (χ1n) is 8.40. The van der Waals surface area contributed by atoms with Crippen LogP contribution in [0, 0.1) is 0 Å². The highest BCUT2D eigenvalue weighted by molar-refractivity contribution is 6.33. The number of carbonyl (C=O) groups excluding carboxylic acids is 2. The summed E-state index contributed by atoms with van der Waals surface area (Å²) in [4.78, 5) is 24.0. The molecule has 2 N–H and O–H groups in total. The normalized spacial score (nSPS) is 10.7. The van der Waals surface area contributed by atoms with Crippen LogP contribution in [-0.2, 0) is 23.1 Å². The van der Waals surface area contributed by atoms with Crippen molar-refractivity contribution in [3.05, 3.63) is 59.2 Å².